The molecule has 2 aliphatic carbocycles. The SMILES string of the molecule is c1ccc(-c2ccc(N(c3cccc(-c4cccc(-c5ccc6c(c5)c5ccccc5n6-c5cccc6ccccc56)c4)c3)c3ccc4c(c3)C3(c5ccccc5-c5ccccc53)c3ccccc3-4)c3ccccc23)cc1. The van der Waals surface area contributed by atoms with Gasteiger partial charge in [-0.1, -0.05) is 231 Å². The van der Waals surface area contributed by atoms with Crippen molar-refractivity contribution < 1.29 is 0 Å². The number of aromatic nitrogens is 1. The first-order valence-corrected chi connectivity index (χ1v) is 26.7. The summed E-state index contributed by atoms with van der Waals surface area (Å²) in [6.45, 7) is 0. The van der Waals surface area contributed by atoms with Crippen LogP contribution in [-0.2, 0) is 5.41 Å². The zero-order valence-corrected chi connectivity index (χ0v) is 42.1. The van der Waals surface area contributed by atoms with Crippen LogP contribution in [0.4, 0.5) is 17.1 Å². The van der Waals surface area contributed by atoms with Gasteiger partial charge in [0.15, 0.2) is 0 Å². The molecule has 2 nitrogen and oxygen atoms in total. The molecule has 0 saturated carbocycles. The van der Waals surface area contributed by atoms with Crippen molar-refractivity contribution in [3.05, 3.63) is 313 Å². The van der Waals surface area contributed by atoms with Crippen LogP contribution in [0.1, 0.15) is 22.3 Å². The highest BCUT2D eigenvalue weighted by Crippen LogP contribution is 2.63. The van der Waals surface area contributed by atoms with Crippen LogP contribution < -0.4 is 4.90 Å². The molecule has 0 amide bonds. The lowest BCUT2D eigenvalue weighted by Crippen LogP contribution is -2.26. The smallest absolute Gasteiger partial charge is 0.0726 e. The Balaban J connectivity index is 0.868. The van der Waals surface area contributed by atoms with E-state index in [9.17, 15) is 0 Å². The van der Waals surface area contributed by atoms with Gasteiger partial charge >= 0.3 is 0 Å². The highest BCUT2D eigenvalue weighted by Gasteiger charge is 2.51. The molecule has 358 valence electrons. The fourth-order valence-corrected chi connectivity index (χ4v) is 13.5. The van der Waals surface area contributed by atoms with Gasteiger partial charge in [-0.15, -0.1) is 0 Å². The molecule has 0 saturated heterocycles. The van der Waals surface area contributed by atoms with E-state index in [0.29, 0.717) is 0 Å². The fraction of sp³-hybridized carbons (Fsp3) is 0.0133. The van der Waals surface area contributed by atoms with Gasteiger partial charge in [0.2, 0.25) is 0 Å². The molecule has 14 aromatic rings. The van der Waals surface area contributed by atoms with Crippen molar-refractivity contribution >= 4 is 60.4 Å². The van der Waals surface area contributed by atoms with Crippen molar-refractivity contribution in [2.24, 2.45) is 0 Å². The van der Waals surface area contributed by atoms with E-state index in [0.717, 1.165) is 28.2 Å². The minimum Gasteiger partial charge on any atom is -0.310 e. The zero-order valence-electron chi connectivity index (χ0n) is 42.1. The topological polar surface area (TPSA) is 8.17 Å². The van der Waals surface area contributed by atoms with Crippen LogP contribution in [0.5, 0.6) is 0 Å². The lowest BCUT2D eigenvalue weighted by Gasteiger charge is -2.32. The van der Waals surface area contributed by atoms with Crippen LogP contribution in [0.25, 0.3) is 105 Å². The Bertz CT molecular complexity index is 4640. The second-order valence-corrected chi connectivity index (χ2v) is 20.7. The van der Waals surface area contributed by atoms with E-state index in [1.807, 2.05) is 0 Å². The molecule has 0 fully saturated rings. The third-order valence-electron chi connectivity index (χ3n) is 16.8. The predicted octanol–water partition coefficient (Wildman–Crippen LogP) is 19.9. The molecule has 2 aliphatic rings. The summed E-state index contributed by atoms with van der Waals surface area (Å²) < 4.78 is 2.44. The monoisotopic (exact) mass is 976 g/mol. The summed E-state index contributed by atoms with van der Waals surface area (Å²) in [6.07, 6.45) is 0. The molecule has 1 heterocycles. The molecule has 0 N–H and O–H groups in total. The number of hydrogen-bond donors (Lipinski definition) is 0. The van der Waals surface area contributed by atoms with Gasteiger partial charge in [0.1, 0.15) is 0 Å². The highest BCUT2D eigenvalue weighted by molar-refractivity contribution is 6.12. The van der Waals surface area contributed by atoms with Crippen molar-refractivity contribution in [1.29, 1.82) is 0 Å². The summed E-state index contributed by atoms with van der Waals surface area (Å²) in [5.74, 6) is 0. The first kappa shape index (κ1) is 43.4. The standard InChI is InChI=1S/C75H48N2/c1-2-19-49(20-3-1)57-42-44-73(64-32-7-6-28-59(57)64)76(56-40-41-63-62-31-10-14-36-69(62)75(70(63)48-56)67-34-12-8-29-60(67)61-30-9-13-35-68(61)75)55-26-17-25-53(46-55)51-23-16-24-52(45-51)54-39-43-74-66(47-54)65-33-11-15-37-72(65)77(74)71-38-18-22-50-21-4-5-27-58(50)71/h1-48H. The van der Waals surface area contributed by atoms with Crippen LogP contribution in [0.15, 0.2) is 291 Å². The second kappa shape index (κ2) is 17.0. The van der Waals surface area contributed by atoms with Gasteiger partial charge in [0.05, 0.1) is 27.8 Å². The summed E-state index contributed by atoms with van der Waals surface area (Å²) in [7, 11) is 0. The largest absolute Gasteiger partial charge is 0.310 e. The first-order chi connectivity index (χ1) is 38.2. The molecule has 0 radical (unpaired) electrons. The van der Waals surface area contributed by atoms with Crippen molar-refractivity contribution in [3.63, 3.8) is 0 Å². The van der Waals surface area contributed by atoms with Crippen molar-refractivity contribution in [2.45, 2.75) is 5.41 Å². The Morgan fingerprint density at radius 2 is 0.766 bits per heavy atom. The Labute approximate surface area is 447 Å². The maximum Gasteiger partial charge on any atom is 0.0726 e. The number of nitrogens with zero attached hydrogens (tertiary/aromatic N) is 2. The van der Waals surface area contributed by atoms with E-state index in [1.165, 1.54) is 116 Å². The molecular weight excluding hydrogens is 929 g/mol. The van der Waals surface area contributed by atoms with Crippen LogP contribution >= 0.6 is 0 Å². The van der Waals surface area contributed by atoms with Crippen molar-refractivity contribution in [2.75, 3.05) is 4.90 Å². The average Bonchev–Trinajstić information content (AvgIpc) is 4.12. The van der Waals surface area contributed by atoms with E-state index in [-0.39, 0.29) is 0 Å². The molecule has 0 atom stereocenters. The van der Waals surface area contributed by atoms with E-state index in [4.69, 9.17) is 0 Å². The normalized spacial score (nSPS) is 12.8. The van der Waals surface area contributed by atoms with Gasteiger partial charge in [-0.2, -0.15) is 0 Å². The molecule has 77 heavy (non-hydrogen) atoms. The molecule has 1 spiro atoms. The summed E-state index contributed by atoms with van der Waals surface area (Å²) >= 11 is 0. The molecule has 0 aliphatic heterocycles. The Morgan fingerprint density at radius 1 is 0.260 bits per heavy atom. The number of hydrogen-bond acceptors (Lipinski definition) is 1. The molecule has 13 aromatic carbocycles. The predicted molar refractivity (Wildman–Crippen MR) is 323 cm³/mol. The molecule has 0 unspecified atom stereocenters. The first-order valence-electron chi connectivity index (χ1n) is 26.7. The second-order valence-electron chi connectivity index (χ2n) is 20.7. The summed E-state index contributed by atoms with van der Waals surface area (Å²) in [5.41, 5.74) is 24.0. The van der Waals surface area contributed by atoms with Crippen LogP contribution in [0, 0.1) is 0 Å². The number of fused-ring (bicyclic) bond motifs is 15. The fourth-order valence-electron chi connectivity index (χ4n) is 13.5. The van der Waals surface area contributed by atoms with E-state index in [1.54, 1.807) is 0 Å². The number of anilines is 3. The van der Waals surface area contributed by atoms with Crippen LogP contribution in [0.2, 0.25) is 0 Å². The quantitative estimate of drug-likeness (QED) is 0.154. The third-order valence-corrected chi connectivity index (χ3v) is 16.8. The minimum atomic E-state index is -0.476. The summed E-state index contributed by atoms with van der Waals surface area (Å²) in [4.78, 5) is 2.51. The molecule has 2 heteroatoms. The Hall–Kier alpha value is -10.0. The van der Waals surface area contributed by atoms with Gasteiger partial charge < -0.3 is 9.47 Å². The maximum atomic E-state index is 2.51. The Kier molecular flexibility index (Phi) is 9.58. The molecule has 16 rings (SSSR count). The lowest BCUT2D eigenvalue weighted by molar-refractivity contribution is 0.793. The van der Waals surface area contributed by atoms with Gasteiger partial charge in [-0.3, -0.25) is 0 Å². The lowest BCUT2D eigenvalue weighted by atomic mass is 9.70. The van der Waals surface area contributed by atoms with E-state index in [2.05, 4.69) is 301 Å². The van der Waals surface area contributed by atoms with Gasteiger partial charge in [-0.05, 0) is 149 Å². The van der Waals surface area contributed by atoms with Crippen molar-refractivity contribution in [3.8, 4) is 61.3 Å². The van der Waals surface area contributed by atoms with Crippen molar-refractivity contribution in [1.82, 2.24) is 4.57 Å². The summed E-state index contributed by atoms with van der Waals surface area (Å²) in [5, 5.41) is 7.36. The van der Waals surface area contributed by atoms with E-state index >= 15 is 0 Å². The average molecular weight is 977 g/mol. The Morgan fingerprint density at radius 3 is 1.51 bits per heavy atom. The molecule has 1 aromatic heterocycles. The number of benzene rings is 13. The third kappa shape index (κ3) is 6.43. The maximum absolute atomic E-state index is 2.51. The van der Waals surface area contributed by atoms with Gasteiger partial charge in [0.25, 0.3) is 0 Å². The van der Waals surface area contributed by atoms with Crippen LogP contribution in [0.3, 0.4) is 0 Å². The summed E-state index contributed by atoms with van der Waals surface area (Å²) in [6, 6.07) is 108. The van der Waals surface area contributed by atoms with Crippen LogP contribution in [-0.4, -0.2) is 4.57 Å². The van der Waals surface area contributed by atoms with Gasteiger partial charge in [-0.25, -0.2) is 0 Å². The van der Waals surface area contributed by atoms with E-state index < -0.39 is 5.41 Å². The molecule has 0 bridgehead atoms. The van der Waals surface area contributed by atoms with Gasteiger partial charge in [0, 0.05) is 32.9 Å². The molecular formula is C75H48N2. The minimum absolute atomic E-state index is 0.476. The zero-order chi connectivity index (χ0) is 50.6. The number of rotatable bonds is 7. The number of para-hydroxylation sites is 1. The highest BCUT2D eigenvalue weighted by atomic mass is 15.1.